The van der Waals surface area contributed by atoms with Crippen LogP contribution in [0.2, 0.25) is 0 Å². The van der Waals surface area contributed by atoms with Crippen LogP contribution in [0.5, 0.6) is 0 Å². The van der Waals surface area contributed by atoms with Gasteiger partial charge in [0.1, 0.15) is 0 Å². The predicted molar refractivity (Wildman–Crippen MR) is 411 cm³/mol. The van der Waals surface area contributed by atoms with E-state index >= 15 is 0 Å². The number of aryl methyl sites for hydroxylation is 4. The predicted octanol–water partition coefficient (Wildman–Crippen LogP) is 26.6. The monoisotopic (exact) mass is 1260 g/mol. The lowest BCUT2D eigenvalue weighted by Crippen LogP contribution is -2.42. The van der Waals surface area contributed by atoms with E-state index in [0.717, 1.165) is 25.7 Å². The van der Waals surface area contributed by atoms with Crippen molar-refractivity contribution in [3.05, 3.63) is 267 Å². The molecule has 0 fully saturated rings. The summed E-state index contributed by atoms with van der Waals surface area (Å²) in [6.45, 7) is 19.3. The molecule has 1 spiro atoms. The zero-order valence-corrected chi connectivity index (χ0v) is 59.1. The van der Waals surface area contributed by atoms with Gasteiger partial charge in [0.15, 0.2) is 0 Å². The van der Waals surface area contributed by atoms with Crippen molar-refractivity contribution in [1.29, 1.82) is 0 Å². The van der Waals surface area contributed by atoms with E-state index in [0.29, 0.717) is 0 Å². The number of fused-ring (bicyclic) bond motifs is 15. The summed E-state index contributed by atoms with van der Waals surface area (Å²) >= 11 is 0. The summed E-state index contributed by atoms with van der Waals surface area (Å²) in [5, 5.41) is 0. The summed E-state index contributed by atoms with van der Waals surface area (Å²) < 4.78 is 0. The maximum atomic E-state index is 2.74. The SMILES string of the molecule is CCCCCCCCC1(CCCCCCCC)c2cc(N(c3ccc(-c4ccc5c(c4)CC5)cc3)c3ccc4c(c3)C3(c5ccccc5-c5ccccc53)c3cc(N(c5ccc(-c6ccc7c(c6)CC7)cc5)C(C)(CC)CC)ccc3-4)ccc2-c2ccc(C(C)(CC)CC)cc21. The van der Waals surface area contributed by atoms with Gasteiger partial charge in [-0.3, -0.25) is 0 Å². The van der Waals surface area contributed by atoms with Crippen molar-refractivity contribution < 1.29 is 0 Å². The third-order valence-electron chi connectivity index (χ3n) is 25.1. The van der Waals surface area contributed by atoms with Gasteiger partial charge >= 0.3 is 0 Å². The van der Waals surface area contributed by atoms with E-state index in [-0.39, 0.29) is 16.4 Å². The summed E-state index contributed by atoms with van der Waals surface area (Å²) in [5.74, 6) is 0. The lowest BCUT2D eigenvalue weighted by molar-refractivity contribution is 0.395. The zero-order valence-electron chi connectivity index (χ0n) is 59.1. The molecule has 5 aliphatic carbocycles. The highest BCUT2D eigenvalue weighted by Crippen LogP contribution is 2.65. The molecule has 0 amide bonds. The van der Waals surface area contributed by atoms with E-state index in [9.17, 15) is 0 Å². The zero-order chi connectivity index (χ0) is 65.8. The summed E-state index contributed by atoms with van der Waals surface area (Å²) in [5.41, 5.74) is 34.8. The first-order valence-electron chi connectivity index (χ1n) is 37.8. The van der Waals surface area contributed by atoms with E-state index in [1.54, 1.807) is 11.1 Å². The van der Waals surface area contributed by atoms with Gasteiger partial charge in [-0.1, -0.05) is 271 Å². The number of unbranched alkanes of at least 4 members (excludes halogenated alkanes) is 10. The van der Waals surface area contributed by atoms with Gasteiger partial charge in [-0.2, -0.15) is 0 Å². The third-order valence-corrected chi connectivity index (χ3v) is 25.1. The van der Waals surface area contributed by atoms with Crippen LogP contribution in [-0.4, -0.2) is 5.54 Å². The van der Waals surface area contributed by atoms with Gasteiger partial charge in [0, 0.05) is 39.4 Å². The Morgan fingerprint density at radius 2 is 0.708 bits per heavy atom. The summed E-state index contributed by atoms with van der Waals surface area (Å²) in [6, 6.07) is 82.9. The molecule has 0 aliphatic heterocycles. The van der Waals surface area contributed by atoms with Crippen molar-refractivity contribution in [3.63, 3.8) is 0 Å². The number of hydrogen-bond donors (Lipinski definition) is 0. The lowest BCUT2D eigenvalue weighted by atomic mass is 9.69. The molecule has 2 heteroatoms. The Bertz CT molecular complexity index is 4430. The van der Waals surface area contributed by atoms with Crippen LogP contribution < -0.4 is 9.80 Å². The maximum Gasteiger partial charge on any atom is 0.0727 e. The second-order valence-electron chi connectivity index (χ2n) is 30.1. The molecule has 10 aromatic carbocycles. The fraction of sp³-hybridized carbons (Fsp3) is 0.362. The molecule has 96 heavy (non-hydrogen) atoms. The van der Waals surface area contributed by atoms with E-state index < -0.39 is 5.41 Å². The second kappa shape index (κ2) is 26.3. The third kappa shape index (κ3) is 10.7. The highest BCUT2D eigenvalue weighted by atomic mass is 15.2. The minimum absolute atomic E-state index is 0.0957. The molecule has 0 saturated carbocycles. The molecule has 10 aromatic rings. The first-order valence-corrected chi connectivity index (χ1v) is 37.8. The average molecular weight is 1260 g/mol. The molecule has 488 valence electrons. The van der Waals surface area contributed by atoms with Crippen LogP contribution in [0.3, 0.4) is 0 Å². The number of anilines is 5. The van der Waals surface area contributed by atoms with Crippen LogP contribution in [0.15, 0.2) is 206 Å². The van der Waals surface area contributed by atoms with Gasteiger partial charge in [0.2, 0.25) is 0 Å². The van der Waals surface area contributed by atoms with Gasteiger partial charge in [-0.15, -0.1) is 0 Å². The second-order valence-corrected chi connectivity index (χ2v) is 30.1. The first kappa shape index (κ1) is 63.8. The Balaban J connectivity index is 0.912. The molecular weight excluding hydrogens is 1160 g/mol. The van der Waals surface area contributed by atoms with E-state index in [1.165, 1.54) is 250 Å². The minimum atomic E-state index is -0.584. The van der Waals surface area contributed by atoms with Gasteiger partial charge in [0.05, 0.1) is 5.41 Å². The van der Waals surface area contributed by atoms with E-state index in [4.69, 9.17) is 0 Å². The van der Waals surface area contributed by atoms with Gasteiger partial charge < -0.3 is 9.80 Å². The summed E-state index contributed by atoms with van der Waals surface area (Å²) in [7, 11) is 0. The van der Waals surface area contributed by atoms with Gasteiger partial charge in [-0.05, 0) is 254 Å². The molecular formula is C94H102N2. The number of nitrogens with zero attached hydrogens (tertiary/aromatic N) is 2. The van der Waals surface area contributed by atoms with E-state index in [1.807, 2.05) is 0 Å². The van der Waals surface area contributed by atoms with Crippen LogP contribution in [0, 0.1) is 0 Å². The number of rotatable bonds is 27. The molecule has 0 radical (unpaired) electrons. The highest BCUT2D eigenvalue weighted by molar-refractivity contribution is 5.98. The quantitative estimate of drug-likeness (QED) is 0.0474. The number of benzene rings is 10. The van der Waals surface area contributed by atoms with Crippen LogP contribution >= 0.6 is 0 Å². The Morgan fingerprint density at radius 1 is 0.312 bits per heavy atom. The molecule has 0 atom stereocenters. The van der Waals surface area contributed by atoms with Crippen molar-refractivity contribution in [1.82, 2.24) is 0 Å². The summed E-state index contributed by atoms with van der Waals surface area (Å²) in [4.78, 5) is 5.34. The summed E-state index contributed by atoms with van der Waals surface area (Å²) in [6.07, 6.45) is 27.0. The number of hydrogen-bond acceptors (Lipinski definition) is 2. The Morgan fingerprint density at radius 3 is 1.19 bits per heavy atom. The van der Waals surface area contributed by atoms with Crippen molar-refractivity contribution in [2.45, 2.75) is 218 Å². The van der Waals surface area contributed by atoms with Crippen LogP contribution in [0.1, 0.15) is 232 Å². The Kier molecular flexibility index (Phi) is 17.5. The van der Waals surface area contributed by atoms with Crippen LogP contribution in [0.4, 0.5) is 28.4 Å². The fourth-order valence-electron chi connectivity index (χ4n) is 18.3. The normalized spacial score (nSPS) is 14.6. The lowest BCUT2D eigenvalue weighted by Gasteiger charge is -2.43. The van der Waals surface area contributed by atoms with Gasteiger partial charge in [-0.25, -0.2) is 0 Å². The largest absolute Gasteiger partial charge is 0.336 e. The van der Waals surface area contributed by atoms with E-state index in [2.05, 4.69) is 271 Å². The Labute approximate surface area is 576 Å². The van der Waals surface area contributed by atoms with Crippen LogP contribution in [0.25, 0.3) is 55.6 Å². The van der Waals surface area contributed by atoms with Crippen molar-refractivity contribution >= 4 is 28.4 Å². The smallest absolute Gasteiger partial charge is 0.0727 e. The molecule has 0 unspecified atom stereocenters. The topological polar surface area (TPSA) is 6.48 Å². The molecule has 2 nitrogen and oxygen atoms in total. The van der Waals surface area contributed by atoms with Gasteiger partial charge in [0.25, 0.3) is 0 Å². The standard InChI is InChI=1S/C94H102N2/c1-9-15-17-19-21-27-57-93(58-28-22-20-18-16-10-2)87-61-73(91(7,11-3)12-4)45-53-81(87)82-54-50-76(62-88(82)93)95(74-46-41-67(42-47-74)71-39-35-65-33-37-69(65)59-71)77-51-55-83-84-56-52-78(64-90(84)94(89(83)63-77)85-31-25-23-29-79(85)80-30-24-26-32-86(80)94)96(92(8,13-5)14-6)75-48-43-68(44-49-75)72-40-36-66-34-38-70(66)60-72/h23-26,29-32,35-36,39-56,59-64H,9-22,27-28,33-34,37-38,57-58H2,1-8H3. The average Bonchev–Trinajstić information content (AvgIpc) is 1.51. The molecule has 15 rings (SSSR count). The molecule has 0 aromatic heterocycles. The molecule has 0 bridgehead atoms. The molecule has 0 N–H and O–H groups in total. The first-order chi connectivity index (χ1) is 47.0. The molecule has 0 heterocycles. The van der Waals surface area contributed by atoms with Crippen molar-refractivity contribution in [3.8, 4) is 55.6 Å². The minimum Gasteiger partial charge on any atom is -0.336 e. The fourth-order valence-corrected chi connectivity index (χ4v) is 18.3. The van der Waals surface area contributed by atoms with Crippen LogP contribution in [-0.2, 0) is 41.9 Å². The maximum absolute atomic E-state index is 2.74. The van der Waals surface area contributed by atoms with Crippen molar-refractivity contribution in [2.24, 2.45) is 0 Å². The van der Waals surface area contributed by atoms with Crippen molar-refractivity contribution in [2.75, 3.05) is 9.80 Å². The highest BCUT2D eigenvalue weighted by Gasteiger charge is 2.53. The Hall–Kier alpha value is -8.20. The molecule has 5 aliphatic rings. The molecule has 0 saturated heterocycles.